The Balaban J connectivity index is 1.93. The number of rotatable bonds is 6. The number of aromatic carboxylic acids is 1. The van der Waals surface area contributed by atoms with Crippen LogP contribution >= 0.6 is 23.2 Å². The fourth-order valence-corrected chi connectivity index (χ4v) is 4.19. The van der Waals surface area contributed by atoms with Crippen molar-refractivity contribution in [3.63, 3.8) is 0 Å². The van der Waals surface area contributed by atoms with E-state index in [0.717, 1.165) is 5.56 Å². The van der Waals surface area contributed by atoms with Crippen LogP contribution in [-0.4, -0.2) is 33.8 Å². The van der Waals surface area contributed by atoms with Crippen LogP contribution in [0, 0.1) is 5.92 Å². The molecule has 1 fully saturated rings. The van der Waals surface area contributed by atoms with E-state index in [4.69, 9.17) is 27.9 Å². The Labute approximate surface area is 176 Å². The molecule has 4 rings (SSSR count). The van der Waals surface area contributed by atoms with Crippen LogP contribution in [0.15, 0.2) is 36.4 Å². The fourth-order valence-electron chi connectivity index (χ4n) is 3.86. The number of carboxylic acids is 2. The van der Waals surface area contributed by atoms with Crippen molar-refractivity contribution >= 4 is 46.0 Å². The van der Waals surface area contributed by atoms with Crippen molar-refractivity contribution < 1.29 is 24.5 Å². The van der Waals surface area contributed by atoms with Crippen molar-refractivity contribution in [2.45, 2.75) is 18.9 Å². The first-order valence-electron chi connectivity index (χ1n) is 8.92. The Morgan fingerprint density at radius 3 is 2.48 bits per heavy atom. The zero-order chi connectivity index (χ0) is 20.9. The Bertz CT molecular complexity index is 1150. The molecule has 6 nitrogen and oxygen atoms in total. The summed E-state index contributed by atoms with van der Waals surface area (Å²) in [5, 5.41) is 20.9. The van der Waals surface area contributed by atoms with E-state index in [1.165, 1.54) is 7.11 Å². The molecule has 0 radical (unpaired) electrons. The van der Waals surface area contributed by atoms with E-state index in [1.54, 1.807) is 41.0 Å². The summed E-state index contributed by atoms with van der Waals surface area (Å²) in [5.41, 5.74) is 2.11. The minimum atomic E-state index is -1.11. The van der Waals surface area contributed by atoms with Gasteiger partial charge in [0.05, 0.1) is 23.1 Å². The molecule has 8 heteroatoms. The zero-order valence-electron chi connectivity index (χ0n) is 15.4. The van der Waals surface area contributed by atoms with Crippen LogP contribution in [0.2, 0.25) is 10.0 Å². The van der Waals surface area contributed by atoms with Crippen LogP contribution in [0.3, 0.4) is 0 Å². The van der Waals surface area contributed by atoms with Gasteiger partial charge in [-0.3, -0.25) is 4.79 Å². The number of methoxy groups -OCH3 is 1. The van der Waals surface area contributed by atoms with E-state index in [0.29, 0.717) is 38.7 Å². The Hall–Kier alpha value is -2.70. The highest BCUT2D eigenvalue weighted by atomic mass is 35.5. The number of benzene rings is 2. The van der Waals surface area contributed by atoms with Gasteiger partial charge in [-0.05, 0) is 47.9 Å². The highest BCUT2D eigenvalue weighted by molar-refractivity contribution is 6.42. The molecule has 150 valence electrons. The fraction of sp³-hybridized carbons (Fsp3) is 0.238. The summed E-state index contributed by atoms with van der Waals surface area (Å²) in [6, 6.07) is 10.5. The van der Waals surface area contributed by atoms with Gasteiger partial charge in [-0.25, -0.2) is 4.79 Å². The first kappa shape index (κ1) is 19.6. The second kappa shape index (κ2) is 7.28. The molecule has 2 N–H and O–H groups in total. The Morgan fingerprint density at radius 2 is 1.90 bits per heavy atom. The summed E-state index contributed by atoms with van der Waals surface area (Å²) in [5.74, 6) is -2.37. The number of carbonyl (C=O) groups is 2. The van der Waals surface area contributed by atoms with Gasteiger partial charge >= 0.3 is 11.9 Å². The second-order valence-electron chi connectivity index (χ2n) is 7.07. The monoisotopic (exact) mass is 433 g/mol. The van der Waals surface area contributed by atoms with Crippen molar-refractivity contribution in [3.8, 4) is 5.75 Å². The minimum Gasteiger partial charge on any atom is -0.497 e. The van der Waals surface area contributed by atoms with Gasteiger partial charge < -0.3 is 19.5 Å². The maximum absolute atomic E-state index is 12.2. The number of carboxylic acid groups (broad SMARTS) is 2. The molecule has 0 bridgehead atoms. The molecule has 1 heterocycles. The molecule has 1 aliphatic rings. The van der Waals surface area contributed by atoms with E-state index >= 15 is 0 Å². The van der Waals surface area contributed by atoms with Crippen molar-refractivity contribution in [3.05, 3.63) is 63.3 Å². The van der Waals surface area contributed by atoms with E-state index in [1.807, 2.05) is 0 Å². The van der Waals surface area contributed by atoms with Crippen LogP contribution in [0.1, 0.15) is 34.0 Å². The summed E-state index contributed by atoms with van der Waals surface area (Å²) >= 11 is 12.1. The number of ether oxygens (including phenoxy) is 1. The van der Waals surface area contributed by atoms with Crippen molar-refractivity contribution in [2.75, 3.05) is 7.11 Å². The topological polar surface area (TPSA) is 88.8 Å². The number of aromatic nitrogens is 1. The van der Waals surface area contributed by atoms with E-state index in [2.05, 4.69) is 0 Å². The van der Waals surface area contributed by atoms with Crippen LogP contribution in [0.5, 0.6) is 5.75 Å². The van der Waals surface area contributed by atoms with Crippen LogP contribution in [0.25, 0.3) is 10.9 Å². The van der Waals surface area contributed by atoms with Crippen molar-refractivity contribution in [1.82, 2.24) is 4.57 Å². The summed E-state index contributed by atoms with van der Waals surface area (Å²) in [6.07, 6.45) is 0.415. The third-order valence-corrected chi connectivity index (χ3v) is 6.05. The normalized spacial score (nSPS) is 18.0. The number of aliphatic carboxylic acids is 1. The minimum absolute atomic E-state index is 0.0908. The van der Waals surface area contributed by atoms with Gasteiger partial charge in [0.15, 0.2) is 0 Å². The number of hydrogen-bond donors (Lipinski definition) is 2. The summed E-state index contributed by atoms with van der Waals surface area (Å²) in [7, 11) is 1.53. The smallest absolute Gasteiger partial charge is 0.352 e. The molecule has 3 aromatic rings. The lowest BCUT2D eigenvalue weighted by molar-refractivity contribution is -0.138. The van der Waals surface area contributed by atoms with Crippen LogP contribution < -0.4 is 4.74 Å². The molecule has 1 saturated carbocycles. The van der Waals surface area contributed by atoms with Gasteiger partial charge in [0.2, 0.25) is 0 Å². The lowest BCUT2D eigenvalue weighted by Crippen LogP contribution is -2.12. The van der Waals surface area contributed by atoms with Gasteiger partial charge in [0.1, 0.15) is 11.4 Å². The predicted molar refractivity (Wildman–Crippen MR) is 109 cm³/mol. The van der Waals surface area contributed by atoms with E-state index in [-0.39, 0.29) is 18.2 Å². The molecule has 2 aromatic carbocycles. The number of nitrogens with zero attached hydrogens (tertiary/aromatic N) is 1. The highest BCUT2D eigenvalue weighted by Gasteiger charge is 2.48. The van der Waals surface area contributed by atoms with E-state index in [9.17, 15) is 19.8 Å². The van der Waals surface area contributed by atoms with E-state index < -0.39 is 17.9 Å². The first-order chi connectivity index (χ1) is 13.8. The average Bonchev–Trinajstić information content (AvgIpc) is 3.41. The second-order valence-corrected chi connectivity index (χ2v) is 7.89. The van der Waals surface area contributed by atoms with Crippen molar-refractivity contribution in [2.24, 2.45) is 5.92 Å². The van der Waals surface area contributed by atoms with Crippen LogP contribution in [0.4, 0.5) is 0 Å². The molecule has 0 amide bonds. The molecule has 0 aliphatic heterocycles. The maximum Gasteiger partial charge on any atom is 0.352 e. The molecule has 0 spiro atoms. The van der Waals surface area contributed by atoms with Crippen LogP contribution in [-0.2, 0) is 11.3 Å². The van der Waals surface area contributed by atoms with Gasteiger partial charge in [0, 0.05) is 23.4 Å². The molecule has 2 atom stereocenters. The largest absolute Gasteiger partial charge is 0.497 e. The number of hydrogen-bond acceptors (Lipinski definition) is 3. The third-order valence-electron chi connectivity index (χ3n) is 5.32. The summed E-state index contributed by atoms with van der Waals surface area (Å²) in [6.45, 7) is 0.256. The molecule has 2 unspecified atom stereocenters. The number of fused-ring (bicyclic) bond motifs is 1. The Kier molecular flexibility index (Phi) is 4.92. The molecule has 1 aliphatic carbocycles. The van der Waals surface area contributed by atoms with Gasteiger partial charge in [0.25, 0.3) is 0 Å². The molecular formula is C21H17Cl2NO5. The quantitative estimate of drug-likeness (QED) is 0.577. The number of halogens is 2. The maximum atomic E-state index is 12.2. The standard InChI is InChI=1S/C21H17Cl2NO5/c1-29-11-3-5-17-14(7-11)18(12-8-13(12)20(25)26)19(21(27)28)24(17)9-10-2-4-15(22)16(23)6-10/h2-7,12-13H,8-9H2,1H3,(H,25,26)(H,27,28). The summed E-state index contributed by atoms with van der Waals surface area (Å²) in [4.78, 5) is 23.7. The average molecular weight is 434 g/mol. The molecule has 29 heavy (non-hydrogen) atoms. The predicted octanol–water partition coefficient (Wildman–Crippen LogP) is 4.89. The van der Waals surface area contributed by atoms with Gasteiger partial charge in [-0.1, -0.05) is 29.3 Å². The van der Waals surface area contributed by atoms with Crippen molar-refractivity contribution in [1.29, 1.82) is 0 Å². The lowest BCUT2D eigenvalue weighted by atomic mass is 10.0. The molecule has 1 aromatic heterocycles. The zero-order valence-corrected chi connectivity index (χ0v) is 16.9. The summed E-state index contributed by atoms with van der Waals surface area (Å²) < 4.78 is 6.99. The third kappa shape index (κ3) is 3.43. The van der Waals surface area contributed by atoms with Gasteiger partial charge in [-0.2, -0.15) is 0 Å². The molecular weight excluding hydrogens is 417 g/mol. The SMILES string of the molecule is COc1ccc2c(c1)c(C1CC1C(=O)O)c(C(=O)O)n2Cc1ccc(Cl)c(Cl)c1. The Morgan fingerprint density at radius 1 is 1.14 bits per heavy atom. The lowest BCUT2D eigenvalue weighted by Gasteiger charge is -2.10. The first-order valence-corrected chi connectivity index (χ1v) is 9.67. The van der Waals surface area contributed by atoms with Gasteiger partial charge in [-0.15, -0.1) is 0 Å². The molecule has 0 saturated heterocycles. The highest BCUT2D eigenvalue weighted by Crippen LogP contribution is 2.52.